The van der Waals surface area contributed by atoms with Crippen LogP contribution in [0.2, 0.25) is 0 Å². The monoisotopic (exact) mass is 294 g/mol. The van der Waals surface area contributed by atoms with Crippen LogP contribution in [0.15, 0.2) is 18.2 Å². The van der Waals surface area contributed by atoms with Gasteiger partial charge in [0.05, 0.1) is 6.61 Å². The van der Waals surface area contributed by atoms with Gasteiger partial charge in [-0.25, -0.2) is 9.18 Å². The molecule has 0 aromatic heterocycles. The Bertz CT molecular complexity index is 548. The minimum atomic E-state index is -0.671. The number of aryl methyl sites for hydroxylation is 1. The predicted octanol–water partition coefficient (Wildman–Crippen LogP) is 1.11. The third-order valence-corrected chi connectivity index (χ3v) is 3.48. The molecule has 1 unspecified atom stereocenters. The number of hydrogen-bond donors (Lipinski definition) is 1. The Kier molecular flexibility index (Phi) is 4.90. The van der Waals surface area contributed by atoms with Gasteiger partial charge in [0.25, 0.3) is 5.91 Å². The maximum absolute atomic E-state index is 13.6. The summed E-state index contributed by atoms with van der Waals surface area (Å²) in [5.41, 5.74) is 0.725. The summed E-state index contributed by atoms with van der Waals surface area (Å²) in [5, 5.41) is 3.06. The van der Waals surface area contributed by atoms with Gasteiger partial charge < -0.3 is 15.0 Å². The zero-order valence-corrected chi connectivity index (χ0v) is 12.2. The molecule has 1 atom stereocenters. The summed E-state index contributed by atoms with van der Waals surface area (Å²) in [5.74, 6) is -1.22. The highest BCUT2D eigenvalue weighted by atomic mass is 19.1. The predicted molar refractivity (Wildman–Crippen MR) is 75.5 cm³/mol. The molecule has 0 aliphatic carbocycles. The van der Waals surface area contributed by atoms with Crippen LogP contribution in [0, 0.1) is 12.7 Å². The van der Waals surface area contributed by atoms with E-state index < -0.39 is 17.8 Å². The highest BCUT2D eigenvalue weighted by Gasteiger charge is 2.33. The smallest absolute Gasteiger partial charge is 0.330 e. The first-order valence-corrected chi connectivity index (χ1v) is 6.99. The van der Waals surface area contributed by atoms with Crippen LogP contribution in [0.3, 0.4) is 0 Å². The van der Waals surface area contributed by atoms with Crippen molar-refractivity contribution in [3.05, 3.63) is 35.1 Å². The average molecular weight is 294 g/mol. The second kappa shape index (κ2) is 6.67. The van der Waals surface area contributed by atoms with Gasteiger partial charge >= 0.3 is 5.97 Å². The Hall–Kier alpha value is -1.95. The van der Waals surface area contributed by atoms with Gasteiger partial charge in [0, 0.05) is 25.2 Å². The molecule has 1 aromatic carbocycles. The summed E-state index contributed by atoms with van der Waals surface area (Å²) in [7, 11) is 0. The van der Waals surface area contributed by atoms with E-state index in [1.165, 1.54) is 11.0 Å². The van der Waals surface area contributed by atoms with Crippen molar-refractivity contribution in [2.45, 2.75) is 19.9 Å². The van der Waals surface area contributed by atoms with Gasteiger partial charge in [0.15, 0.2) is 0 Å². The maximum atomic E-state index is 13.6. The molecule has 0 saturated carbocycles. The lowest BCUT2D eigenvalue weighted by Gasteiger charge is -2.34. The fraction of sp³-hybridized carbons (Fsp3) is 0.467. The molecule has 5 nitrogen and oxygen atoms in total. The highest BCUT2D eigenvalue weighted by molar-refractivity contribution is 5.97. The van der Waals surface area contributed by atoms with Crippen molar-refractivity contribution in [1.29, 1.82) is 0 Å². The number of nitrogens with one attached hydrogen (secondary N) is 1. The summed E-state index contributed by atoms with van der Waals surface area (Å²) in [6.07, 6.45) is 0. The average Bonchev–Trinajstić information content (AvgIpc) is 2.49. The first kappa shape index (κ1) is 15.4. The SMILES string of the molecule is CCOC(=O)C1CNCCN1C(=O)c1ccc(C)c(F)c1. The number of ether oxygens (including phenoxy) is 1. The van der Waals surface area contributed by atoms with E-state index in [1.54, 1.807) is 26.0 Å². The fourth-order valence-electron chi connectivity index (χ4n) is 2.29. The molecule has 0 bridgehead atoms. The molecule has 1 fully saturated rings. The number of benzene rings is 1. The molecule has 1 saturated heterocycles. The van der Waals surface area contributed by atoms with E-state index in [2.05, 4.69) is 5.32 Å². The van der Waals surface area contributed by atoms with E-state index >= 15 is 0 Å². The van der Waals surface area contributed by atoms with Gasteiger partial charge in [-0.2, -0.15) is 0 Å². The second-order valence-corrected chi connectivity index (χ2v) is 4.93. The molecule has 1 amide bonds. The number of esters is 1. The molecule has 21 heavy (non-hydrogen) atoms. The Balaban J connectivity index is 2.21. The van der Waals surface area contributed by atoms with Gasteiger partial charge in [0.1, 0.15) is 11.9 Å². The standard InChI is InChI=1S/C15H19FN2O3/c1-3-21-15(20)13-9-17-6-7-18(13)14(19)11-5-4-10(2)12(16)8-11/h4-5,8,13,17H,3,6-7,9H2,1-2H3. The summed E-state index contributed by atoms with van der Waals surface area (Å²) in [6.45, 7) is 4.94. The molecule has 1 aromatic rings. The van der Waals surface area contributed by atoms with E-state index in [0.717, 1.165) is 0 Å². The topological polar surface area (TPSA) is 58.6 Å². The lowest BCUT2D eigenvalue weighted by Crippen LogP contribution is -2.57. The minimum absolute atomic E-state index is 0.245. The second-order valence-electron chi connectivity index (χ2n) is 4.93. The molecule has 0 radical (unpaired) electrons. The first-order chi connectivity index (χ1) is 10.0. The molecule has 114 valence electrons. The third kappa shape index (κ3) is 3.39. The number of piperazine rings is 1. The number of nitrogens with zero attached hydrogens (tertiary/aromatic N) is 1. The Morgan fingerprint density at radius 2 is 2.24 bits per heavy atom. The van der Waals surface area contributed by atoms with Crippen LogP contribution < -0.4 is 5.32 Å². The van der Waals surface area contributed by atoms with E-state index in [4.69, 9.17) is 4.74 Å². The summed E-state index contributed by atoms with van der Waals surface area (Å²) in [6, 6.07) is 3.67. The van der Waals surface area contributed by atoms with Crippen LogP contribution >= 0.6 is 0 Å². The fourth-order valence-corrected chi connectivity index (χ4v) is 2.29. The number of halogens is 1. The van der Waals surface area contributed by atoms with Crippen LogP contribution in [0.5, 0.6) is 0 Å². The first-order valence-electron chi connectivity index (χ1n) is 6.99. The number of carbonyl (C=O) groups is 2. The number of hydrogen-bond acceptors (Lipinski definition) is 4. The van der Waals surface area contributed by atoms with Gasteiger partial charge in [-0.15, -0.1) is 0 Å². The Morgan fingerprint density at radius 1 is 1.48 bits per heavy atom. The van der Waals surface area contributed by atoms with Crippen LogP contribution in [0.25, 0.3) is 0 Å². The van der Waals surface area contributed by atoms with Crippen molar-refractivity contribution in [2.24, 2.45) is 0 Å². The molecule has 1 aliphatic rings. The minimum Gasteiger partial charge on any atom is -0.464 e. The van der Waals surface area contributed by atoms with Gasteiger partial charge in [0.2, 0.25) is 0 Å². The lowest BCUT2D eigenvalue weighted by atomic mass is 10.1. The molecule has 0 spiro atoms. The molecule has 1 aliphatic heterocycles. The number of carbonyl (C=O) groups excluding carboxylic acids is 2. The quantitative estimate of drug-likeness (QED) is 0.849. The van der Waals surface area contributed by atoms with Crippen molar-refractivity contribution in [2.75, 3.05) is 26.2 Å². The van der Waals surface area contributed by atoms with Crippen molar-refractivity contribution in [3.63, 3.8) is 0 Å². The van der Waals surface area contributed by atoms with E-state index in [9.17, 15) is 14.0 Å². The summed E-state index contributed by atoms with van der Waals surface area (Å²) < 4.78 is 18.6. The molecular weight excluding hydrogens is 275 g/mol. The molecule has 1 heterocycles. The van der Waals surface area contributed by atoms with Crippen molar-refractivity contribution in [1.82, 2.24) is 10.2 Å². The van der Waals surface area contributed by atoms with Crippen molar-refractivity contribution < 1.29 is 18.7 Å². The number of rotatable bonds is 3. The lowest BCUT2D eigenvalue weighted by molar-refractivity contribution is -0.149. The van der Waals surface area contributed by atoms with Gasteiger partial charge in [-0.05, 0) is 31.5 Å². The summed E-state index contributed by atoms with van der Waals surface area (Å²) >= 11 is 0. The zero-order chi connectivity index (χ0) is 15.4. The van der Waals surface area contributed by atoms with Gasteiger partial charge in [-0.3, -0.25) is 4.79 Å². The van der Waals surface area contributed by atoms with Crippen LogP contribution in [0.4, 0.5) is 4.39 Å². The molecule has 6 heteroatoms. The normalized spacial score (nSPS) is 18.4. The van der Waals surface area contributed by atoms with Crippen molar-refractivity contribution in [3.8, 4) is 0 Å². The molecule has 1 N–H and O–H groups in total. The van der Waals surface area contributed by atoms with E-state index in [1.807, 2.05) is 0 Å². The van der Waals surface area contributed by atoms with Crippen LogP contribution in [-0.2, 0) is 9.53 Å². The van der Waals surface area contributed by atoms with E-state index in [0.29, 0.717) is 25.2 Å². The molecular formula is C15H19FN2O3. The largest absolute Gasteiger partial charge is 0.464 e. The summed E-state index contributed by atoms with van der Waals surface area (Å²) in [4.78, 5) is 25.9. The van der Waals surface area contributed by atoms with Gasteiger partial charge in [-0.1, -0.05) is 6.07 Å². The van der Waals surface area contributed by atoms with Crippen molar-refractivity contribution >= 4 is 11.9 Å². The Morgan fingerprint density at radius 3 is 2.90 bits per heavy atom. The third-order valence-electron chi connectivity index (χ3n) is 3.48. The Labute approximate surface area is 123 Å². The van der Waals surface area contributed by atoms with Crippen LogP contribution in [-0.4, -0.2) is 49.1 Å². The highest BCUT2D eigenvalue weighted by Crippen LogP contribution is 2.15. The van der Waals surface area contributed by atoms with E-state index in [-0.39, 0.29) is 18.1 Å². The number of amides is 1. The molecule has 2 rings (SSSR count). The zero-order valence-electron chi connectivity index (χ0n) is 12.2. The maximum Gasteiger partial charge on any atom is 0.330 e. The van der Waals surface area contributed by atoms with Crippen LogP contribution in [0.1, 0.15) is 22.8 Å².